The molecule has 2 atom stereocenters. The van der Waals surface area contributed by atoms with Gasteiger partial charge in [0.05, 0.1) is 34.0 Å². The third kappa shape index (κ3) is 5.35. The first-order valence-electron chi connectivity index (χ1n) is 14.5. The van der Waals surface area contributed by atoms with E-state index >= 15 is 0 Å². The largest absolute Gasteiger partial charge is 0.478 e. The third-order valence-corrected chi connectivity index (χ3v) is 9.52. The van der Waals surface area contributed by atoms with E-state index in [0.717, 1.165) is 73.2 Å². The number of carbonyl (C=O) groups is 1. The topological polar surface area (TPSA) is 88.7 Å². The van der Waals surface area contributed by atoms with Crippen LogP contribution in [0.2, 0.25) is 10.0 Å². The molecule has 1 saturated carbocycles. The van der Waals surface area contributed by atoms with Crippen LogP contribution in [-0.4, -0.2) is 44.3 Å². The Balaban J connectivity index is 1.03. The summed E-state index contributed by atoms with van der Waals surface area (Å²) in [5, 5.41) is 15.2. The quantitative estimate of drug-likeness (QED) is 0.207. The van der Waals surface area contributed by atoms with Gasteiger partial charge in [-0.15, -0.1) is 0 Å². The molecule has 0 amide bonds. The molecule has 9 heteroatoms. The van der Waals surface area contributed by atoms with Gasteiger partial charge in [0.1, 0.15) is 11.5 Å². The van der Waals surface area contributed by atoms with E-state index in [1.165, 1.54) is 0 Å². The van der Waals surface area contributed by atoms with Crippen LogP contribution in [0, 0.1) is 0 Å². The highest BCUT2D eigenvalue weighted by Gasteiger charge is 2.43. The van der Waals surface area contributed by atoms with Crippen molar-refractivity contribution in [1.82, 2.24) is 15.0 Å². The Morgan fingerprint density at radius 2 is 1.71 bits per heavy atom. The molecule has 4 aromatic rings. The first-order chi connectivity index (χ1) is 20.5. The van der Waals surface area contributed by atoms with Gasteiger partial charge in [0.2, 0.25) is 0 Å². The average Bonchev–Trinajstić information content (AvgIpc) is 3.72. The van der Waals surface area contributed by atoms with E-state index in [-0.39, 0.29) is 11.7 Å². The Kier molecular flexibility index (Phi) is 7.53. The van der Waals surface area contributed by atoms with E-state index in [1.807, 2.05) is 36.4 Å². The highest BCUT2D eigenvalue weighted by atomic mass is 35.5. The number of carboxylic acids is 1. The van der Waals surface area contributed by atoms with Crippen molar-refractivity contribution in [3.63, 3.8) is 0 Å². The lowest BCUT2D eigenvalue weighted by Gasteiger charge is -2.39. The van der Waals surface area contributed by atoms with E-state index < -0.39 is 5.97 Å². The van der Waals surface area contributed by atoms with Crippen LogP contribution in [-0.2, 0) is 17.9 Å². The number of ether oxygens (including phenoxy) is 1. The van der Waals surface area contributed by atoms with Crippen LogP contribution in [0.5, 0.6) is 0 Å². The van der Waals surface area contributed by atoms with Crippen LogP contribution in [0.1, 0.15) is 71.7 Å². The van der Waals surface area contributed by atoms with Crippen molar-refractivity contribution in [2.45, 2.75) is 75.8 Å². The number of hydrogen-bond acceptors (Lipinski definition) is 6. The molecule has 2 aromatic carbocycles. The molecule has 2 saturated heterocycles. The first kappa shape index (κ1) is 27.6. The Labute approximate surface area is 254 Å². The maximum Gasteiger partial charge on any atom is 0.336 e. The third-order valence-electron chi connectivity index (χ3n) is 8.89. The molecule has 2 unspecified atom stereocenters. The molecule has 1 N–H and O–H groups in total. The number of pyridine rings is 1. The van der Waals surface area contributed by atoms with E-state index in [2.05, 4.69) is 15.0 Å². The predicted molar refractivity (Wildman–Crippen MR) is 161 cm³/mol. The number of nitrogens with zero attached hydrogens (tertiary/aromatic N) is 3. The van der Waals surface area contributed by atoms with E-state index in [4.69, 9.17) is 32.5 Å². The molecule has 216 valence electrons. The normalized spacial score (nSPS) is 22.0. The second kappa shape index (κ2) is 11.5. The summed E-state index contributed by atoms with van der Waals surface area (Å²) in [5.74, 6) is 0.455. The molecule has 0 spiro atoms. The molecule has 2 bridgehead atoms. The van der Waals surface area contributed by atoms with Crippen molar-refractivity contribution in [3.05, 3.63) is 93.3 Å². The van der Waals surface area contributed by atoms with Crippen LogP contribution >= 0.6 is 23.2 Å². The number of rotatable bonds is 9. The number of fused-ring (bicyclic) bond motifs is 2. The van der Waals surface area contributed by atoms with Gasteiger partial charge < -0.3 is 14.4 Å². The summed E-state index contributed by atoms with van der Waals surface area (Å²) in [5.41, 5.74) is 5.11. The van der Waals surface area contributed by atoms with Crippen LogP contribution < -0.4 is 0 Å². The fraction of sp³-hybridized carbons (Fsp3) is 0.364. The van der Waals surface area contributed by atoms with E-state index in [0.29, 0.717) is 45.9 Å². The van der Waals surface area contributed by atoms with Crippen molar-refractivity contribution >= 4 is 29.2 Å². The van der Waals surface area contributed by atoms with Gasteiger partial charge in [0.25, 0.3) is 0 Å². The number of piperidine rings is 1. The summed E-state index contributed by atoms with van der Waals surface area (Å²) >= 11 is 13.2. The number of aromatic carboxylic acids is 1. The SMILES string of the molecule is O=C(O)c1ccccc1-c1ccc(COC2CC3CCC(C2)N3Cc2c(-c3c(Cl)cccc3Cl)noc2C2CC2)cn1. The van der Waals surface area contributed by atoms with Crippen molar-refractivity contribution < 1.29 is 19.2 Å². The summed E-state index contributed by atoms with van der Waals surface area (Å²) in [7, 11) is 0. The molecular formula is C33H31Cl2N3O4. The molecule has 2 aromatic heterocycles. The summed E-state index contributed by atoms with van der Waals surface area (Å²) in [6.45, 7) is 1.25. The second-order valence-corrected chi connectivity index (χ2v) is 12.4. The summed E-state index contributed by atoms with van der Waals surface area (Å²) in [6.07, 6.45) is 8.45. The summed E-state index contributed by atoms with van der Waals surface area (Å²) in [4.78, 5) is 18.8. The maximum absolute atomic E-state index is 11.6. The van der Waals surface area contributed by atoms with Crippen LogP contribution in [0.25, 0.3) is 22.5 Å². The van der Waals surface area contributed by atoms with Gasteiger partial charge >= 0.3 is 5.97 Å². The van der Waals surface area contributed by atoms with Crippen molar-refractivity contribution in [1.29, 1.82) is 0 Å². The second-order valence-electron chi connectivity index (χ2n) is 11.6. The first-order valence-corrected chi connectivity index (χ1v) is 15.3. The Bertz CT molecular complexity index is 1580. The highest BCUT2D eigenvalue weighted by molar-refractivity contribution is 6.39. The predicted octanol–water partition coefficient (Wildman–Crippen LogP) is 8.00. The Morgan fingerprint density at radius 1 is 0.976 bits per heavy atom. The lowest BCUT2D eigenvalue weighted by Crippen LogP contribution is -2.45. The fourth-order valence-electron chi connectivity index (χ4n) is 6.64. The molecule has 0 radical (unpaired) electrons. The zero-order chi connectivity index (χ0) is 28.8. The number of hydrogen-bond donors (Lipinski definition) is 1. The standard InChI is InChI=1S/C33H31Cl2N3O4/c34-27-6-3-7-28(35)30(27)31-26(32(42-37-31)20-9-10-20)17-38-21-11-12-22(38)15-23(14-21)41-18-19-8-13-29(36-16-19)24-4-1-2-5-25(24)33(39)40/h1-8,13,16,20-23H,9-12,14-15,17-18H2,(H,39,40). The van der Waals surface area contributed by atoms with Gasteiger partial charge in [-0.25, -0.2) is 4.79 Å². The van der Waals surface area contributed by atoms with E-state index in [1.54, 1.807) is 24.4 Å². The Hall–Kier alpha value is -3.23. The van der Waals surface area contributed by atoms with E-state index in [9.17, 15) is 9.90 Å². The zero-order valence-electron chi connectivity index (χ0n) is 23.0. The minimum atomic E-state index is -0.961. The van der Waals surface area contributed by atoms with Crippen LogP contribution in [0.4, 0.5) is 0 Å². The van der Waals surface area contributed by atoms with Crippen molar-refractivity contribution in [2.24, 2.45) is 0 Å². The molecule has 4 heterocycles. The molecule has 7 rings (SSSR count). The minimum absolute atomic E-state index is 0.175. The van der Waals surface area contributed by atoms with Gasteiger partial charge in [0, 0.05) is 47.4 Å². The van der Waals surface area contributed by atoms with Gasteiger partial charge in [0.15, 0.2) is 0 Å². The molecular weight excluding hydrogens is 573 g/mol. The molecule has 3 aliphatic rings. The lowest BCUT2D eigenvalue weighted by molar-refractivity contribution is -0.0307. The molecule has 1 aliphatic carbocycles. The average molecular weight is 605 g/mol. The molecule has 42 heavy (non-hydrogen) atoms. The summed E-state index contributed by atoms with van der Waals surface area (Å²) in [6, 6.07) is 17.2. The summed E-state index contributed by atoms with van der Waals surface area (Å²) < 4.78 is 12.3. The van der Waals surface area contributed by atoms with Crippen LogP contribution in [0.15, 0.2) is 65.3 Å². The highest BCUT2D eigenvalue weighted by Crippen LogP contribution is 2.48. The van der Waals surface area contributed by atoms with Crippen molar-refractivity contribution in [3.8, 4) is 22.5 Å². The molecule has 7 nitrogen and oxygen atoms in total. The number of halogens is 2. The van der Waals surface area contributed by atoms with Gasteiger partial charge in [-0.1, -0.05) is 58.7 Å². The number of aromatic nitrogens is 2. The lowest BCUT2D eigenvalue weighted by atomic mass is 9.97. The monoisotopic (exact) mass is 603 g/mol. The van der Waals surface area contributed by atoms with Gasteiger partial charge in [-0.05, 0) is 68.4 Å². The maximum atomic E-state index is 11.6. The zero-order valence-corrected chi connectivity index (χ0v) is 24.5. The smallest absolute Gasteiger partial charge is 0.336 e. The fourth-order valence-corrected chi connectivity index (χ4v) is 7.22. The van der Waals surface area contributed by atoms with Crippen LogP contribution in [0.3, 0.4) is 0 Å². The number of carboxylic acid groups (broad SMARTS) is 1. The molecule has 2 aliphatic heterocycles. The van der Waals surface area contributed by atoms with Gasteiger partial charge in [-0.2, -0.15) is 0 Å². The molecule has 3 fully saturated rings. The minimum Gasteiger partial charge on any atom is -0.478 e. The van der Waals surface area contributed by atoms with Crippen molar-refractivity contribution in [2.75, 3.05) is 0 Å². The Morgan fingerprint density at radius 3 is 2.38 bits per heavy atom. The van der Waals surface area contributed by atoms with Gasteiger partial charge in [-0.3, -0.25) is 9.88 Å². The number of benzene rings is 2.